The quantitative estimate of drug-likeness (QED) is 0.192. The molecule has 3 heteroatoms. The topological polar surface area (TPSA) is 40.5 Å². The Balaban J connectivity index is 1.61. The van der Waals surface area contributed by atoms with Gasteiger partial charge in [-0.15, -0.1) is 0 Å². The average molecular weight is 540 g/mol. The Morgan fingerprint density at radius 1 is 0.683 bits per heavy atom. The molecule has 0 aliphatic heterocycles. The number of carbonyl (C=O) groups is 1. The molecule has 1 aliphatic carbocycles. The molecule has 0 heterocycles. The molecule has 5 aromatic carbocycles. The Bertz CT molecular complexity index is 1710. The fraction of sp³-hybridized carbons (Fsp3) is 0.237. The van der Waals surface area contributed by atoms with Crippen LogP contribution in [0.1, 0.15) is 73.9 Å². The zero-order valence-electron chi connectivity index (χ0n) is 23.9. The maximum absolute atomic E-state index is 12.0. The Kier molecular flexibility index (Phi) is 7.36. The van der Waals surface area contributed by atoms with Crippen LogP contribution >= 0.6 is 0 Å². The second-order valence-electron chi connectivity index (χ2n) is 11.3. The predicted molar refractivity (Wildman–Crippen MR) is 171 cm³/mol. The van der Waals surface area contributed by atoms with Crippen LogP contribution < -0.4 is 4.90 Å². The minimum Gasteiger partial charge on any atom is -0.478 e. The second kappa shape index (κ2) is 11.2. The van der Waals surface area contributed by atoms with Gasteiger partial charge in [-0.05, 0) is 76.9 Å². The summed E-state index contributed by atoms with van der Waals surface area (Å²) in [4.78, 5) is 14.2. The summed E-state index contributed by atoms with van der Waals surface area (Å²) in [5.41, 5.74) is 8.71. The highest BCUT2D eigenvalue weighted by Crippen LogP contribution is 2.55. The molecular weight excluding hydrogens is 502 g/mol. The molecule has 41 heavy (non-hydrogen) atoms. The molecule has 0 bridgehead atoms. The summed E-state index contributed by atoms with van der Waals surface area (Å²) in [5.74, 6) is -0.924. The first kappa shape index (κ1) is 26.8. The molecule has 6 rings (SSSR count). The maximum Gasteiger partial charge on any atom is 0.335 e. The third-order valence-corrected chi connectivity index (χ3v) is 8.78. The van der Waals surface area contributed by atoms with Gasteiger partial charge in [-0.25, -0.2) is 4.79 Å². The minimum absolute atomic E-state index is 0.0265. The van der Waals surface area contributed by atoms with Crippen LogP contribution in [0.2, 0.25) is 0 Å². The summed E-state index contributed by atoms with van der Waals surface area (Å²) in [7, 11) is 0. The van der Waals surface area contributed by atoms with Crippen LogP contribution in [-0.4, -0.2) is 11.1 Å². The van der Waals surface area contributed by atoms with Crippen LogP contribution in [0, 0.1) is 0 Å². The summed E-state index contributed by atoms with van der Waals surface area (Å²) in [5, 5.41) is 12.1. The number of unbranched alkanes of at least 4 members (excludes halogenated alkanes) is 2. The van der Waals surface area contributed by atoms with Crippen molar-refractivity contribution in [2.45, 2.75) is 57.8 Å². The van der Waals surface area contributed by atoms with E-state index in [9.17, 15) is 9.90 Å². The predicted octanol–water partition coefficient (Wildman–Crippen LogP) is 10.7. The molecule has 3 nitrogen and oxygen atoms in total. The van der Waals surface area contributed by atoms with Crippen molar-refractivity contribution >= 4 is 33.8 Å². The number of rotatable bonds is 10. The molecule has 5 aromatic rings. The van der Waals surface area contributed by atoms with Crippen LogP contribution in [0.15, 0.2) is 109 Å². The van der Waals surface area contributed by atoms with Crippen molar-refractivity contribution in [3.05, 3.63) is 126 Å². The van der Waals surface area contributed by atoms with Crippen LogP contribution in [-0.2, 0) is 5.41 Å². The molecule has 1 aliphatic rings. The van der Waals surface area contributed by atoms with Gasteiger partial charge in [0, 0.05) is 22.2 Å². The fourth-order valence-corrected chi connectivity index (χ4v) is 6.81. The van der Waals surface area contributed by atoms with Crippen LogP contribution in [0.25, 0.3) is 21.9 Å². The van der Waals surface area contributed by atoms with E-state index in [1.54, 1.807) is 12.1 Å². The lowest BCUT2D eigenvalue weighted by atomic mass is 9.71. The molecule has 0 amide bonds. The first-order valence-electron chi connectivity index (χ1n) is 14.9. The maximum atomic E-state index is 12.0. The number of aromatic carboxylic acids is 1. The number of hydrogen-bond donors (Lipinski definition) is 1. The van der Waals surface area contributed by atoms with Crippen LogP contribution in [0.5, 0.6) is 0 Å². The monoisotopic (exact) mass is 539 g/mol. The van der Waals surface area contributed by atoms with E-state index in [4.69, 9.17) is 0 Å². The standard InChI is InChI=1S/C38H37NO2/c1-3-5-23-38(24-6-4-2)34-19-10-9-18-32(34)33-22-21-30(26-35(33)38)39(29-16-11-15-28(25-29)37(40)41)36-20-12-14-27-13-7-8-17-31(27)36/h7-22,25-26H,3-6,23-24H2,1-2H3,(H,40,41). The van der Waals surface area contributed by atoms with Gasteiger partial charge in [0.15, 0.2) is 0 Å². The highest BCUT2D eigenvalue weighted by molar-refractivity contribution is 6.00. The van der Waals surface area contributed by atoms with Crippen molar-refractivity contribution in [2.24, 2.45) is 0 Å². The number of carboxylic acid groups (broad SMARTS) is 1. The third-order valence-electron chi connectivity index (χ3n) is 8.78. The van der Waals surface area contributed by atoms with Crippen LogP contribution in [0.3, 0.4) is 0 Å². The fourth-order valence-electron chi connectivity index (χ4n) is 6.81. The van der Waals surface area contributed by atoms with E-state index in [-0.39, 0.29) is 11.0 Å². The SMILES string of the molecule is CCCCC1(CCCC)c2ccccc2-c2ccc(N(c3cccc(C(=O)O)c3)c3cccc4ccccc34)cc21. The first-order chi connectivity index (χ1) is 20.1. The van der Waals surface area contributed by atoms with E-state index < -0.39 is 5.97 Å². The van der Waals surface area contributed by atoms with Crippen molar-refractivity contribution in [2.75, 3.05) is 4.90 Å². The lowest BCUT2D eigenvalue weighted by Gasteiger charge is -2.34. The Morgan fingerprint density at radius 2 is 1.34 bits per heavy atom. The molecule has 0 fully saturated rings. The number of hydrogen-bond acceptors (Lipinski definition) is 2. The van der Waals surface area contributed by atoms with E-state index in [1.807, 2.05) is 12.1 Å². The van der Waals surface area contributed by atoms with Gasteiger partial charge in [-0.1, -0.05) is 112 Å². The Hall–Kier alpha value is -4.37. The molecular formula is C38H37NO2. The molecule has 206 valence electrons. The highest BCUT2D eigenvalue weighted by Gasteiger charge is 2.42. The van der Waals surface area contributed by atoms with E-state index in [2.05, 4.69) is 104 Å². The summed E-state index contributed by atoms with van der Waals surface area (Å²) in [6, 6.07) is 37.9. The van der Waals surface area contributed by atoms with E-state index >= 15 is 0 Å². The normalized spacial score (nSPS) is 13.1. The van der Waals surface area contributed by atoms with Gasteiger partial charge in [0.05, 0.1) is 11.3 Å². The third kappa shape index (κ3) is 4.70. The first-order valence-corrected chi connectivity index (χ1v) is 14.9. The van der Waals surface area contributed by atoms with Crippen molar-refractivity contribution < 1.29 is 9.90 Å². The van der Waals surface area contributed by atoms with Gasteiger partial charge < -0.3 is 10.0 Å². The van der Waals surface area contributed by atoms with Gasteiger partial charge in [-0.2, -0.15) is 0 Å². The number of carboxylic acids is 1. The van der Waals surface area contributed by atoms with E-state index in [0.29, 0.717) is 0 Å². The second-order valence-corrected chi connectivity index (χ2v) is 11.3. The van der Waals surface area contributed by atoms with Gasteiger partial charge in [0.25, 0.3) is 0 Å². The Labute approximate surface area is 243 Å². The van der Waals surface area contributed by atoms with Crippen molar-refractivity contribution in [1.82, 2.24) is 0 Å². The average Bonchev–Trinajstić information content (AvgIpc) is 3.28. The molecule has 0 atom stereocenters. The number of nitrogens with zero attached hydrogens (tertiary/aromatic N) is 1. The van der Waals surface area contributed by atoms with Gasteiger partial charge in [-0.3, -0.25) is 0 Å². The summed E-state index contributed by atoms with van der Waals surface area (Å²) >= 11 is 0. The van der Waals surface area contributed by atoms with Gasteiger partial charge in [0.1, 0.15) is 0 Å². The summed E-state index contributed by atoms with van der Waals surface area (Å²) < 4.78 is 0. The minimum atomic E-state index is -0.924. The molecule has 0 radical (unpaired) electrons. The smallest absolute Gasteiger partial charge is 0.335 e. The zero-order valence-corrected chi connectivity index (χ0v) is 23.9. The zero-order chi connectivity index (χ0) is 28.4. The van der Waals surface area contributed by atoms with E-state index in [0.717, 1.165) is 53.5 Å². The van der Waals surface area contributed by atoms with Crippen molar-refractivity contribution in [3.63, 3.8) is 0 Å². The van der Waals surface area contributed by atoms with E-state index in [1.165, 1.54) is 35.1 Å². The van der Waals surface area contributed by atoms with Crippen molar-refractivity contribution in [3.8, 4) is 11.1 Å². The highest BCUT2D eigenvalue weighted by atomic mass is 16.4. The number of benzene rings is 5. The molecule has 0 saturated heterocycles. The molecule has 0 aromatic heterocycles. The van der Waals surface area contributed by atoms with Gasteiger partial charge >= 0.3 is 5.97 Å². The molecule has 0 spiro atoms. The summed E-state index contributed by atoms with van der Waals surface area (Å²) in [6.45, 7) is 4.56. The summed E-state index contributed by atoms with van der Waals surface area (Å²) in [6.07, 6.45) is 6.93. The largest absolute Gasteiger partial charge is 0.478 e. The lowest BCUT2D eigenvalue weighted by molar-refractivity contribution is 0.0697. The Morgan fingerprint density at radius 3 is 2.12 bits per heavy atom. The number of fused-ring (bicyclic) bond motifs is 4. The van der Waals surface area contributed by atoms with Crippen LogP contribution in [0.4, 0.5) is 17.1 Å². The molecule has 0 saturated carbocycles. The molecule has 0 unspecified atom stereocenters. The molecule has 1 N–H and O–H groups in total. The lowest BCUT2D eigenvalue weighted by Crippen LogP contribution is -2.25. The van der Waals surface area contributed by atoms with Crippen molar-refractivity contribution in [1.29, 1.82) is 0 Å². The van der Waals surface area contributed by atoms with Gasteiger partial charge in [0.2, 0.25) is 0 Å². The number of anilines is 3.